The van der Waals surface area contributed by atoms with Gasteiger partial charge in [-0.15, -0.1) is 0 Å². The Morgan fingerprint density at radius 3 is 2.16 bits per heavy atom. The van der Waals surface area contributed by atoms with E-state index >= 15 is 0 Å². The van der Waals surface area contributed by atoms with Gasteiger partial charge in [0.25, 0.3) is 5.91 Å². The van der Waals surface area contributed by atoms with Crippen molar-refractivity contribution >= 4 is 11.8 Å². The Morgan fingerprint density at radius 2 is 1.56 bits per heavy atom. The molecule has 0 fully saturated rings. The van der Waals surface area contributed by atoms with Crippen LogP contribution >= 0.6 is 0 Å². The average molecular weight is 340 g/mol. The van der Waals surface area contributed by atoms with Crippen LogP contribution in [0.15, 0.2) is 60.7 Å². The lowest BCUT2D eigenvalue weighted by molar-refractivity contribution is -0.124. The second-order valence-electron chi connectivity index (χ2n) is 6.01. The molecule has 0 aliphatic heterocycles. The lowest BCUT2D eigenvalue weighted by Gasteiger charge is -2.21. The maximum absolute atomic E-state index is 12.4. The van der Waals surface area contributed by atoms with Crippen LogP contribution in [0.1, 0.15) is 24.2 Å². The van der Waals surface area contributed by atoms with Gasteiger partial charge in [-0.05, 0) is 30.2 Å². The molecule has 1 atom stereocenters. The molecule has 2 aromatic rings. The molecule has 0 aliphatic rings. The molecule has 0 saturated carbocycles. The number of nitrogens with one attached hydrogen (secondary N) is 2. The van der Waals surface area contributed by atoms with E-state index in [1.165, 1.54) is 0 Å². The van der Waals surface area contributed by atoms with Gasteiger partial charge in [-0.25, -0.2) is 0 Å². The van der Waals surface area contributed by atoms with E-state index in [-0.39, 0.29) is 17.7 Å². The summed E-state index contributed by atoms with van der Waals surface area (Å²) in [6.07, 6.45) is 0. The van der Waals surface area contributed by atoms with Crippen molar-refractivity contribution in [3.05, 3.63) is 66.2 Å². The summed E-state index contributed by atoms with van der Waals surface area (Å²) in [7, 11) is 0. The Morgan fingerprint density at radius 1 is 0.960 bits per heavy atom. The molecule has 5 nitrogen and oxygen atoms in total. The summed E-state index contributed by atoms with van der Waals surface area (Å²) in [5.41, 5.74) is 0.536. The minimum atomic E-state index is -0.593. The highest BCUT2D eigenvalue weighted by Crippen LogP contribution is 2.08. The van der Waals surface area contributed by atoms with E-state index in [1.54, 1.807) is 24.3 Å². The molecular weight excluding hydrogens is 316 g/mol. The highest BCUT2D eigenvalue weighted by molar-refractivity contribution is 5.97. The molecule has 0 saturated heterocycles. The SMILES string of the molecule is CC(C)C(NC(=O)c1ccccc1)C(=O)NCCOc1ccccc1. The molecule has 5 heteroatoms. The first-order valence-electron chi connectivity index (χ1n) is 8.39. The van der Waals surface area contributed by atoms with Crippen molar-refractivity contribution in [1.82, 2.24) is 10.6 Å². The fraction of sp³-hybridized carbons (Fsp3) is 0.300. The van der Waals surface area contributed by atoms with Gasteiger partial charge in [0.2, 0.25) is 5.91 Å². The zero-order valence-corrected chi connectivity index (χ0v) is 14.6. The van der Waals surface area contributed by atoms with E-state index in [0.29, 0.717) is 18.7 Å². The zero-order valence-electron chi connectivity index (χ0n) is 14.6. The van der Waals surface area contributed by atoms with E-state index < -0.39 is 6.04 Å². The van der Waals surface area contributed by atoms with Crippen LogP contribution < -0.4 is 15.4 Å². The fourth-order valence-corrected chi connectivity index (χ4v) is 2.32. The summed E-state index contributed by atoms with van der Waals surface area (Å²) in [5.74, 6) is 0.267. The summed E-state index contributed by atoms with van der Waals surface area (Å²) in [6, 6.07) is 17.7. The Kier molecular flexibility index (Phi) is 7.01. The summed E-state index contributed by atoms with van der Waals surface area (Å²) in [5, 5.41) is 5.61. The molecule has 0 bridgehead atoms. The average Bonchev–Trinajstić information content (AvgIpc) is 2.64. The normalized spacial score (nSPS) is 11.6. The first-order valence-corrected chi connectivity index (χ1v) is 8.39. The lowest BCUT2D eigenvalue weighted by Crippen LogP contribution is -2.50. The second-order valence-corrected chi connectivity index (χ2v) is 6.01. The topological polar surface area (TPSA) is 67.4 Å². The van der Waals surface area contributed by atoms with Crippen molar-refractivity contribution in [1.29, 1.82) is 0 Å². The van der Waals surface area contributed by atoms with E-state index in [1.807, 2.05) is 50.2 Å². The van der Waals surface area contributed by atoms with Crippen LogP contribution in [-0.4, -0.2) is 31.0 Å². The Hall–Kier alpha value is -2.82. The number of hydrogen-bond donors (Lipinski definition) is 2. The van der Waals surface area contributed by atoms with E-state index in [4.69, 9.17) is 4.74 Å². The molecule has 132 valence electrons. The van der Waals surface area contributed by atoms with Gasteiger partial charge in [0.1, 0.15) is 18.4 Å². The minimum Gasteiger partial charge on any atom is -0.492 e. The summed E-state index contributed by atoms with van der Waals surface area (Å²) in [6.45, 7) is 4.54. The van der Waals surface area contributed by atoms with Crippen molar-refractivity contribution < 1.29 is 14.3 Å². The Balaban J connectivity index is 1.82. The fourth-order valence-electron chi connectivity index (χ4n) is 2.32. The molecule has 1 unspecified atom stereocenters. The van der Waals surface area contributed by atoms with Crippen LogP contribution in [0.5, 0.6) is 5.75 Å². The molecule has 0 radical (unpaired) electrons. The molecule has 2 rings (SSSR count). The van der Waals surface area contributed by atoms with Crippen molar-refractivity contribution in [2.24, 2.45) is 5.92 Å². The quantitative estimate of drug-likeness (QED) is 0.726. The van der Waals surface area contributed by atoms with Gasteiger partial charge in [0, 0.05) is 5.56 Å². The zero-order chi connectivity index (χ0) is 18.1. The van der Waals surface area contributed by atoms with Gasteiger partial charge in [-0.3, -0.25) is 9.59 Å². The van der Waals surface area contributed by atoms with Crippen molar-refractivity contribution in [3.63, 3.8) is 0 Å². The first-order chi connectivity index (χ1) is 12.1. The standard InChI is InChI=1S/C20H24N2O3/c1-15(2)18(22-19(23)16-9-5-3-6-10-16)20(24)21-13-14-25-17-11-7-4-8-12-17/h3-12,15,18H,13-14H2,1-2H3,(H,21,24)(H,22,23). The van der Waals surface area contributed by atoms with Gasteiger partial charge in [0.15, 0.2) is 0 Å². The lowest BCUT2D eigenvalue weighted by atomic mass is 10.0. The van der Waals surface area contributed by atoms with Crippen LogP contribution in [-0.2, 0) is 4.79 Å². The summed E-state index contributed by atoms with van der Waals surface area (Å²) < 4.78 is 5.54. The Bertz CT molecular complexity index is 672. The van der Waals surface area contributed by atoms with Crippen molar-refractivity contribution in [3.8, 4) is 5.75 Å². The molecule has 2 amide bonds. The molecule has 0 spiro atoms. The first kappa shape index (κ1) is 18.5. The van der Waals surface area contributed by atoms with Crippen LogP contribution in [0.3, 0.4) is 0 Å². The molecule has 0 aliphatic carbocycles. The number of hydrogen-bond acceptors (Lipinski definition) is 3. The second kappa shape index (κ2) is 9.47. The van der Waals surface area contributed by atoms with E-state index in [2.05, 4.69) is 10.6 Å². The van der Waals surface area contributed by atoms with E-state index in [0.717, 1.165) is 5.75 Å². The number of benzene rings is 2. The molecule has 0 aromatic heterocycles. The van der Waals surface area contributed by atoms with Gasteiger partial charge in [0.05, 0.1) is 6.54 Å². The van der Waals surface area contributed by atoms with Crippen LogP contribution in [0.25, 0.3) is 0 Å². The highest BCUT2D eigenvalue weighted by atomic mass is 16.5. The minimum absolute atomic E-state index is 0.0253. The number of para-hydroxylation sites is 1. The molecular formula is C20H24N2O3. The number of carbonyl (C=O) groups is 2. The van der Waals surface area contributed by atoms with Crippen LogP contribution in [0.4, 0.5) is 0 Å². The third-order valence-electron chi connectivity index (χ3n) is 3.68. The number of amides is 2. The Labute approximate surface area is 148 Å². The predicted octanol–water partition coefficient (Wildman–Crippen LogP) is 2.64. The molecule has 25 heavy (non-hydrogen) atoms. The smallest absolute Gasteiger partial charge is 0.251 e. The van der Waals surface area contributed by atoms with Gasteiger partial charge in [-0.1, -0.05) is 50.2 Å². The maximum atomic E-state index is 12.4. The maximum Gasteiger partial charge on any atom is 0.251 e. The number of carbonyl (C=O) groups excluding carboxylic acids is 2. The van der Waals surface area contributed by atoms with Crippen molar-refractivity contribution in [2.45, 2.75) is 19.9 Å². The summed E-state index contributed by atoms with van der Waals surface area (Å²) >= 11 is 0. The third kappa shape index (κ3) is 5.95. The molecule has 0 heterocycles. The van der Waals surface area contributed by atoms with E-state index in [9.17, 15) is 9.59 Å². The largest absolute Gasteiger partial charge is 0.492 e. The number of ether oxygens (including phenoxy) is 1. The monoisotopic (exact) mass is 340 g/mol. The third-order valence-corrected chi connectivity index (χ3v) is 3.68. The highest BCUT2D eigenvalue weighted by Gasteiger charge is 2.24. The number of rotatable bonds is 8. The van der Waals surface area contributed by atoms with Crippen molar-refractivity contribution in [2.75, 3.05) is 13.2 Å². The predicted molar refractivity (Wildman–Crippen MR) is 97.5 cm³/mol. The summed E-state index contributed by atoms with van der Waals surface area (Å²) in [4.78, 5) is 24.6. The molecule has 2 N–H and O–H groups in total. The molecule has 2 aromatic carbocycles. The van der Waals surface area contributed by atoms with Gasteiger partial charge >= 0.3 is 0 Å². The van der Waals surface area contributed by atoms with Crippen LogP contribution in [0.2, 0.25) is 0 Å². The van der Waals surface area contributed by atoms with Crippen LogP contribution in [0, 0.1) is 5.92 Å². The van der Waals surface area contributed by atoms with Gasteiger partial charge in [-0.2, -0.15) is 0 Å². The van der Waals surface area contributed by atoms with Gasteiger partial charge < -0.3 is 15.4 Å².